The highest BCUT2D eigenvalue weighted by Crippen LogP contribution is 2.23. The van der Waals surface area contributed by atoms with E-state index in [0.29, 0.717) is 5.92 Å². The van der Waals surface area contributed by atoms with Crippen molar-refractivity contribution in [2.45, 2.75) is 20.4 Å². The zero-order valence-corrected chi connectivity index (χ0v) is 12.6. The number of anilines is 1. The summed E-state index contributed by atoms with van der Waals surface area (Å²) in [5.74, 6) is 1.48. The third-order valence-electron chi connectivity index (χ3n) is 3.26. The molecule has 0 saturated carbocycles. The Morgan fingerprint density at radius 3 is 2.53 bits per heavy atom. The van der Waals surface area contributed by atoms with Gasteiger partial charge in [0.15, 0.2) is 0 Å². The minimum Gasteiger partial charge on any atom is -0.340 e. The lowest BCUT2D eigenvalue weighted by Crippen LogP contribution is -2.49. The average molecular weight is 322 g/mol. The van der Waals surface area contributed by atoms with E-state index in [9.17, 15) is 0 Å². The molecule has 0 unspecified atom stereocenters. The summed E-state index contributed by atoms with van der Waals surface area (Å²) in [7, 11) is 0. The highest BCUT2D eigenvalue weighted by atomic mass is 79.9. The van der Waals surface area contributed by atoms with Crippen molar-refractivity contribution in [3.05, 3.63) is 34.3 Å². The molecular weight excluding hydrogens is 306 g/mol. The van der Waals surface area contributed by atoms with Crippen molar-refractivity contribution in [1.29, 1.82) is 0 Å². The molecule has 2 aromatic rings. The molecule has 0 spiro atoms. The van der Waals surface area contributed by atoms with Crippen molar-refractivity contribution >= 4 is 21.9 Å². The van der Waals surface area contributed by atoms with Gasteiger partial charge in [0.2, 0.25) is 5.95 Å². The maximum atomic E-state index is 4.49. The largest absolute Gasteiger partial charge is 0.340 e. The molecular formula is C13H16BrN5. The summed E-state index contributed by atoms with van der Waals surface area (Å²) >= 11 is 3.41. The average Bonchev–Trinajstić information content (AvgIpc) is 2.67. The first-order valence-corrected chi connectivity index (χ1v) is 7.14. The first kappa shape index (κ1) is 12.6. The van der Waals surface area contributed by atoms with Gasteiger partial charge in [-0.3, -0.25) is 4.68 Å². The molecule has 0 N–H and O–H groups in total. The molecule has 0 radical (unpaired) electrons. The van der Waals surface area contributed by atoms with Gasteiger partial charge >= 0.3 is 0 Å². The van der Waals surface area contributed by atoms with Gasteiger partial charge in [-0.05, 0) is 35.8 Å². The van der Waals surface area contributed by atoms with Crippen molar-refractivity contribution in [1.82, 2.24) is 19.7 Å². The Balaban J connectivity index is 1.60. The first-order chi connectivity index (χ1) is 9.10. The first-order valence-electron chi connectivity index (χ1n) is 6.35. The van der Waals surface area contributed by atoms with Gasteiger partial charge < -0.3 is 4.90 Å². The highest BCUT2D eigenvalue weighted by molar-refractivity contribution is 9.10. The summed E-state index contributed by atoms with van der Waals surface area (Å²) in [6.45, 7) is 6.97. The van der Waals surface area contributed by atoms with Gasteiger partial charge in [-0.25, -0.2) is 9.97 Å². The van der Waals surface area contributed by atoms with E-state index in [4.69, 9.17) is 0 Å². The van der Waals surface area contributed by atoms with Gasteiger partial charge in [-0.2, -0.15) is 5.10 Å². The van der Waals surface area contributed by atoms with Crippen LogP contribution < -0.4 is 4.90 Å². The van der Waals surface area contributed by atoms with E-state index in [1.807, 2.05) is 37.0 Å². The predicted molar refractivity (Wildman–Crippen MR) is 77.1 cm³/mol. The van der Waals surface area contributed by atoms with Crippen LogP contribution in [0.25, 0.3) is 0 Å². The molecule has 5 nitrogen and oxygen atoms in total. The second-order valence-electron chi connectivity index (χ2n) is 5.10. The molecule has 6 heteroatoms. The van der Waals surface area contributed by atoms with Crippen molar-refractivity contribution < 1.29 is 0 Å². The molecule has 2 aromatic heterocycles. The van der Waals surface area contributed by atoms with E-state index in [1.165, 1.54) is 0 Å². The van der Waals surface area contributed by atoms with Crippen LogP contribution in [-0.4, -0.2) is 32.8 Å². The fourth-order valence-corrected chi connectivity index (χ4v) is 2.73. The molecule has 1 aliphatic rings. The summed E-state index contributed by atoms with van der Waals surface area (Å²) in [6, 6.07) is 2.00. The number of hydrogen-bond donors (Lipinski definition) is 0. The fourth-order valence-electron chi connectivity index (χ4n) is 2.40. The molecule has 0 aliphatic carbocycles. The number of aryl methyl sites for hydroxylation is 2. The van der Waals surface area contributed by atoms with Gasteiger partial charge in [0.05, 0.1) is 10.7 Å². The Hall–Kier alpha value is -1.43. The van der Waals surface area contributed by atoms with Crippen LogP contribution in [-0.2, 0) is 6.54 Å². The lowest BCUT2D eigenvalue weighted by atomic mass is 10.0. The minimum absolute atomic E-state index is 0.621. The molecule has 19 heavy (non-hydrogen) atoms. The Morgan fingerprint density at radius 2 is 1.95 bits per heavy atom. The van der Waals surface area contributed by atoms with E-state index in [0.717, 1.165) is 41.4 Å². The van der Waals surface area contributed by atoms with Gasteiger partial charge in [-0.1, -0.05) is 0 Å². The van der Waals surface area contributed by atoms with Gasteiger partial charge in [0.25, 0.3) is 0 Å². The summed E-state index contributed by atoms with van der Waals surface area (Å²) in [5.41, 5.74) is 2.06. The highest BCUT2D eigenvalue weighted by Gasteiger charge is 2.29. The third kappa shape index (κ3) is 2.78. The van der Waals surface area contributed by atoms with Crippen LogP contribution in [0.2, 0.25) is 0 Å². The van der Waals surface area contributed by atoms with Crippen molar-refractivity contribution in [3.8, 4) is 0 Å². The molecule has 100 valence electrons. The standard InChI is InChI=1S/C13H16BrN5/c1-9-3-10(2)17-13(16-9)18-5-11(6-18)7-19-8-12(14)4-15-19/h3-4,8,11H,5-7H2,1-2H3. The van der Waals surface area contributed by atoms with Crippen LogP contribution >= 0.6 is 15.9 Å². The van der Waals surface area contributed by atoms with E-state index in [-0.39, 0.29) is 0 Å². The second kappa shape index (κ2) is 4.92. The number of hydrogen-bond acceptors (Lipinski definition) is 4. The van der Waals surface area contributed by atoms with Crippen LogP contribution in [0.1, 0.15) is 11.4 Å². The van der Waals surface area contributed by atoms with E-state index < -0.39 is 0 Å². The van der Waals surface area contributed by atoms with Crippen LogP contribution in [0.3, 0.4) is 0 Å². The van der Waals surface area contributed by atoms with Crippen LogP contribution in [0.15, 0.2) is 22.9 Å². The topological polar surface area (TPSA) is 46.8 Å². The Bertz CT molecular complexity index is 568. The number of halogens is 1. The molecule has 0 aromatic carbocycles. The SMILES string of the molecule is Cc1cc(C)nc(N2CC(Cn3cc(Br)cn3)C2)n1. The van der Waals surface area contributed by atoms with Gasteiger partial charge in [0.1, 0.15) is 0 Å². The summed E-state index contributed by atoms with van der Waals surface area (Å²) in [4.78, 5) is 11.2. The zero-order valence-electron chi connectivity index (χ0n) is 11.0. The zero-order chi connectivity index (χ0) is 13.4. The molecule has 0 bridgehead atoms. The summed E-state index contributed by atoms with van der Waals surface area (Å²) in [5, 5.41) is 4.28. The van der Waals surface area contributed by atoms with Crippen LogP contribution in [0, 0.1) is 19.8 Å². The van der Waals surface area contributed by atoms with Crippen molar-refractivity contribution in [2.24, 2.45) is 5.92 Å². The summed E-state index contributed by atoms with van der Waals surface area (Å²) in [6.07, 6.45) is 3.83. The lowest BCUT2D eigenvalue weighted by molar-refractivity contribution is 0.338. The van der Waals surface area contributed by atoms with Crippen LogP contribution in [0.4, 0.5) is 5.95 Å². The number of rotatable bonds is 3. The monoisotopic (exact) mass is 321 g/mol. The van der Waals surface area contributed by atoms with Gasteiger partial charge in [0, 0.05) is 43.1 Å². The summed E-state index contributed by atoms with van der Waals surface area (Å²) < 4.78 is 3.01. The molecule has 1 saturated heterocycles. The molecule has 1 aliphatic heterocycles. The van der Waals surface area contributed by atoms with E-state index in [1.54, 1.807) is 0 Å². The second-order valence-corrected chi connectivity index (χ2v) is 6.02. The lowest BCUT2D eigenvalue weighted by Gasteiger charge is -2.39. The molecule has 3 rings (SSSR count). The Morgan fingerprint density at radius 1 is 1.26 bits per heavy atom. The number of aromatic nitrogens is 4. The minimum atomic E-state index is 0.621. The van der Waals surface area contributed by atoms with Crippen molar-refractivity contribution in [3.63, 3.8) is 0 Å². The van der Waals surface area contributed by atoms with E-state index in [2.05, 4.69) is 35.9 Å². The van der Waals surface area contributed by atoms with Gasteiger partial charge in [-0.15, -0.1) is 0 Å². The number of nitrogens with zero attached hydrogens (tertiary/aromatic N) is 5. The fraction of sp³-hybridized carbons (Fsp3) is 0.462. The quantitative estimate of drug-likeness (QED) is 0.869. The molecule has 1 fully saturated rings. The maximum absolute atomic E-state index is 4.49. The Kier molecular flexibility index (Phi) is 3.26. The van der Waals surface area contributed by atoms with Crippen LogP contribution in [0.5, 0.6) is 0 Å². The predicted octanol–water partition coefficient (Wildman–Crippen LogP) is 2.19. The normalized spacial score (nSPS) is 15.6. The smallest absolute Gasteiger partial charge is 0.225 e. The maximum Gasteiger partial charge on any atom is 0.225 e. The van der Waals surface area contributed by atoms with E-state index >= 15 is 0 Å². The molecule has 0 amide bonds. The third-order valence-corrected chi connectivity index (χ3v) is 3.67. The molecule has 3 heterocycles. The Labute approximate surface area is 120 Å². The molecule has 0 atom stereocenters. The van der Waals surface area contributed by atoms with Crippen molar-refractivity contribution in [2.75, 3.05) is 18.0 Å².